The summed E-state index contributed by atoms with van der Waals surface area (Å²) in [6.45, 7) is 0. The van der Waals surface area contributed by atoms with E-state index in [-0.39, 0.29) is 12.1 Å². The van der Waals surface area contributed by atoms with Crippen molar-refractivity contribution in [1.29, 1.82) is 0 Å². The van der Waals surface area contributed by atoms with Gasteiger partial charge in [0.1, 0.15) is 0 Å². The highest BCUT2D eigenvalue weighted by atomic mass is 16.5. The van der Waals surface area contributed by atoms with Crippen LogP contribution in [-0.2, 0) is 4.74 Å². The highest BCUT2D eigenvalue weighted by molar-refractivity contribution is 6.12. The number of aromatic nitrogens is 2. The molecule has 0 amide bonds. The minimum atomic E-state index is -0.140. The van der Waals surface area contributed by atoms with E-state index in [1.54, 1.807) is 25.1 Å². The number of anilines is 2. The number of rotatable bonds is 3. The smallest absolute Gasteiger partial charge is 0.195 e. The van der Waals surface area contributed by atoms with E-state index in [4.69, 9.17) is 18.0 Å². The molecule has 2 unspecified atom stereocenters. The average Bonchev–Trinajstić information content (AvgIpc) is 3.91. The molecule has 0 aliphatic carbocycles. The maximum absolute atomic E-state index is 5.95. The van der Waals surface area contributed by atoms with E-state index >= 15 is 0 Å². The van der Waals surface area contributed by atoms with Gasteiger partial charge >= 0.3 is 0 Å². The second kappa shape index (κ2) is 8.30. The van der Waals surface area contributed by atoms with Crippen molar-refractivity contribution >= 4 is 66.2 Å². The van der Waals surface area contributed by atoms with Gasteiger partial charge in [-0.3, -0.25) is 0 Å². The van der Waals surface area contributed by atoms with E-state index < -0.39 is 0 Å². The molecule has 0 saturated heterocycles. The second-order valence-electron chi connectivity index (χ2n) is 11.8. The molecule has 0 fully saturated rings. The van der Waals surface area contributed by atoms with Crippen molar-refractivity contribution in [3.8, 4) is 11.4 Å². The van der Waals surface area contributed by atoms with Crippen LogP contribution in [0.4, 0.5) is 11.4 Å². The van der Waals surface area contributed by atoms with Gasteiger partial charge in [-0.1, -0.05) is 48.5 Å². The molecule has 7 heteroatoms. The zero-order chi connectivity index (χ0) is 29.2. The van der Waals surface area contributed by atoms with Gasteiger partial charge in [-0.15, -0.1) is 0 Å². The Hall–Kier alpha value is -6.08. The van der Waals surface area contributed by atoms with Crippen LogP contribution < -0.4 is 4.90 Å². The first kappa shape index (κ1) is 23.4. The molecule has 11 rings (SSSR count). The molecular weight excluding hydrogens is 562 g/mol. The summed E-state index contributed by atoms with van der Waals surface area (Å²) in [7, 11) is 0. The number of fused-ring (bicyclic) bond motifs is 10. The monoisotopic (exact) mass is 585 g/mol. The molecule has 0 spiro atoms. The SMILES string of the molecule is C1=CC2C(O1)c1occc1N2c1ccc2c3ccc(-n4c5ccoc5c5occc54)cc3n(-c3cccc4ccccc34)c2c1. The fraction of sp³-hybridized carbons (Fsp3) is 0.0526. The standard InChI is InChI=1S/C38H23N3O4/c1-2-6-25-22(4-1)5-3-7-28(25)41-33-20-23(39-29-12-16-42-35(29)36-30(39)13-17-43-36)8-10-26(33)27-11-9-24(21-34(27)41)40-31-14-18-44-37(31)38-32(40)15-19-45-38/h1-21,29,35H. The minimum absolute atomic E-state index is 0.0443. The van der Waals surface area contributed by atoms with E-state index in [1.807, 2.05) is 18.2 Å². The van der Waals surface area contributed by atoms with Crippen LogP contribution in [0, 0.1) is 0 Å². The summed E-state index contributed by atoms with van der Waals surface area (Å²) in [6, 6.07) is 34.6. The van der Waals surface area contributed by atoms with E-state index in [0.29, 0.717) is 0 Å². The Labute approximate surface area is 255 Å². The first-order valence-electron chi connectivity index (χ1n) is 15.0. The highest BCUT2D eigenvalue weighted by Gasteiger charge is 2.44. The lowest BCUT2D eigenvalue weighted by molar-refractivity contribution is 0.145. The summed E-state index contributed by atoms with van der Waals surface area (Å²) >= 11 is 0. The van der Waals surface area contributed by atoms with Gasteiger partial charge in [0.2, 0.25) is 0 Å². The lowest BCUT2D eigenvalue weighted by Gasteiger charge is -2.24. The number of benzene rings is 4. The first-order chi connectivity index (χ1) is 22.3. The van der Waals surface area contributed by atoms with E-state index in [2.05, 4.69) is 99.0 Å². The molecule has 0 N–H and O–H groups in total. The van der Waals surface area contributed by atoms with Crippen molar-refractivity contribution in [2.45, 2.75) is 12.1 Å². The van der Waals surface area contributed by atoms with Gasteiger partial charge in [0.05, 0.1) is 64.5 Å². The summed E-state index contributed by atoms with van der Waals surface area (Å²) in [4.78, 5) is 2.33. The van der Waals surface area contributed by atoms with Crippen LogP contribution in [0.1, 0.15) is 11.9 Å². The summed E-state index contributed by atoms with van der Waals surface area (Å²) < 4.78 is 28.1. The zero-order valence-corrected chi connectivity index (χ0v) is 23.8. The molecule has 0 bridgehead atoms. The van der Waals surface area contributed by atoms with Gasteiger partial charge in [0.25, 0.3) is 0 Å². The van der Waals surface area contributed by atoms with E-state index in [1.165, 1.54) is 21.5 Å². The maximum atomic E-state index is 5.95. The van der Waals surface area contributed by atoms with Crippen molar-refractivity contribution in [3.05, 3.63) is 134 Å². The van der Waals surface area contributed by atoms with Crippen LogP contribution in [0.3, 0.4) is 0 Å². The van der Waals surface area contributed by atoms with E-state index in [9.17, 15) is 0 Å². The predicted octanol–water partition coefficient (Wildman–Crippen LogP) is 9.92. The van der Waals surface area contributed by atoms with Gasteiger partial charge < -0.3 is 32.0 Å². The normalized spacial score (nSPS) is 17.4. The third-order valence-corrected chi connectivity index (χ3v) is 9.56. The molecule has 9 aromatic rings. The van der Waals surface area contributed by atoms with Gasteiger partial charge in [0.15, 0.2) is 23.0 Å². The number of ether oxygens (including phenoxy) is 1. The molecule has 0 radical (unpaired) electrons. The second-order valence-corrected chi connectivity index (χ2v) is 11.8. The number of hydrogen-bond donors (Lipinski definition) is 0. The molecule has 2 aliphatic rings. The molecule has 214 valence electrons. The molecule has 4 aromatic carbocycles. The Morgan fingerprint density at radius 3 is 2.07 bits per heavy atom. The third-order valence-electron chi connectivity index (χ3n) is 9.56. The zero-order valence-electron chi connectivity index (χ0n) is 23.8. The van der Waals surface area contributed by atoms with Crippen molar-refractivity contribution in [2.24, 2.45) is 0 Å². The lowest BCUT2D eigenvalue weighted by atomic mass is 10.1. The van der Waals surface area contributed by atoms with E-state index in [0.717, 1.165) is 61.7 Å². The van der Waals surface area contributed by atoms with Crippen LogP contribution in [0.2, 0.25) is 0 Å². The predicted molar refractivity (Wildman–Crippen MR) is 175 cm³/mol. The topological polar surface area (TPSA) is 61.8 Å². The number of nitrogens with zero attached hydrogens (tertiary/aromatic N) is 3. The fourth-order valence-corrected chi connectivity index (χ4v) is 7.68. The molecular formula is C38H23N3O4. The van der Waals surface area contributed by atoms with Crippen LogP contribution >= 0.6 is 0 Å². The first-order valence-corrected chi connectivity index (χ1v) is 15.0. The average molecular weight is 586 g/mol. The van der Waals surface area contributed by atoms with Gasteiger partial charge in [-0.05, 0) is 41.8 Å². The van der Waals surface area contributed by atoms with Crippen LogP contribution in [-0.4, -0.2) is 15.2 Å². The Bertz CT molecular complexity index is 2620. The molecule has 45 heavy (non-hydrogen) atoms. The maximum Gasteiger partial charge on any atom is 0.195 e. The van der Waals surface area contributed by atoms with Crippen LogP contribution in [0.15, 0.2) is 141 Å². The van der Waals surface area contributed by atoms with Crippen molar-refractivity contribution in [2.75, 3.05) is 4.90 Å². The van der Waals surface area contributed by atoms with Crippen LogP contribution in [0.5, 0.6) is 0 Å². The quantitative estimate of drug-likeness (QED) is 0.207. The lowest BCUT2D eigenvalue weighted by Crippen LogP contribution is -2.26. The Balaban J connectivity index is 1.22. The number of hydrogen-bond acceptors (Lipinski definition) is 5. The summed E-state index contributed by atoms with van der Waals surface area (Å²) in [5.41, 5.74) is 10.00. The molecule has 2 atom stereocenters. The molecule has 5 aromatic heterocycles. The summed E-state index contributed by atoms with van der Waals surface area (Å²) in [5, 5.41) is 4.75. The Kier molecular flexibility index (Phi) is 4.31. The Morgan fingerprint density at radius 2 is 1.24 bits per heavy atom. The largest absolute Gasteiger partial charge is 0.488 e. The van der Waals surface area contributed by atoms with Crippen molar-refractivity contribution < 1.29 is 18.0 Å². The molecule has 7 nitrogen and oxygen atoms in total. The van der Waals surface area contributed by atoms with Crippen molar-refractivity contribution in [3.63, 3.8) is 0 Å². The summed E-state index contributed by atoms with van der Waals surface area (Å²) in [5.74, 6) is 0.868. The Morgan fingerprint density at radius 1 is 0.533 bits per heavy atom. The molecule has 2 aliphatic heterocycles. The van der Waals surface area contributed by atoms with Crippen molar-refractivity contribution in [1.82, 2.24) is 9.13 Å². The van der Waals surface area contributed by atoms with Gasteiger partial charge in [0, 0.05) is 45.7 Å². The highest BCUT2D eigenvalue weighted by Crippen LogP contribution is 2.50. The van der Waals surface area contributed by atoms with Gasteiger partial charge in [-0.25, -0.2) is 0 Å². The van der Waals surface area contributed by atoms with Gasteiger partial charge in [-0.2, -0.15) is 0 Å². The molecule has 0 saturated carbocycles. The minimum Gasteiger partial charge on any atom is -0.488 e. The summed E-state index contributed by atoms with van der Waals surface area (Å²) in [6.07, 6.45) is 8.94. The third kappa shape index (κ3) is 2.94. The fourth-order valence-electron chi connectivity index (χ4n) is 7.68. The van der Waals surface area contributed by atoms with Crippen LogP contribution in [0.25, 0.3) is 66.2 Å². The number of furan rings is 3. The molecule has 7 heterocycles.